The first kappa shape index (κ1) is 22.4. The van der Waals surface area contributed by atoms with Crippen LogP contribution in [0, 0.1) is 0 Å². The van der Waals surface area contributed by atoms with Crippen molar-refractivity contribution in [2.45, 2.75) is 26.3 Å². The van der Waals surface area contributed by atoms with Crippen molar-refractivity contribution in [2.75, 3.05) is 6.61 Å². The predicted molar refractivity (Wildman–Crippen MR) is 131 cm³/mol. The van der Waals surface area contributed by atoms with E-state index in [1.807, 2.05) is 42.5 Å². The van der Waals surface area contributed by atoms with Gasteiger partial charge in [0.1, 0.15) is 5.75 Å². The van der Waals surface area contributed by atoms with E-state index in [9.17, 15) is 4.79 Å². The van der Waals surface area contributed by atoms with Crippen LogP contribution in [0.15, 0.2) is 71.3 Å². The summed E-state index contributed by atoms with van der Waals surface area (Å²) >= 11 is 5.28. The van der Waals surface area contributed by atoms with Crippen LogP contribution in [0.1, 0.15) is 35.7 Å². The fourth-order valence-electron chi connectivity index (χ4n) is 3.12. The highest BCUT2D eigenvalue weighted by atomic mass is 32.1. The first-order chi connectivity index (χ1) is 16.1. The van der Waals surface area contributed by atoms with Gasteiger partial charge < -0.3 is 14.5 Å². The molecule has 8 heteroatoms. The standard InChI is InChI=1S/C25H24N4O3S/c1-2-3-14-31-20-7-4-6-19(15-20)23(30)29-25(33)27-16-17-9-11-18(12-10-17)24-28-22-21(32-24)8-5-13-26-22/h4-13,15H,2-3,14,16H2,1H3,(H2,27,29,30,33). The number of pyridine rings is 1. The monoisotopic (exact) mass is 460 g/mol. The summed E-state index contributed by atoms with van der Waals surface area (Å²) in [6.07, 6.45) is 3.71. The molecule has 0 unspecified atom stereocenters. The highest BCUT2D eigenvalue weighted by Gasteiger charge is 2.10. The Morgan fingerprint density at radius 3 is 2.76 bits per heavy atom. The maximum absolute atomic E-state index is 12.5. The molecule has 33 heavy (non-hydrogen) atoms. The summed E-state index contributed by atoms with van der Waals surface area (Å²) in [5, 5.41) is 6.02. The van der Waals surface area contributed by atoms with Crippen molar-refractivity contribution in [1.29, 1.82) is 0 Å². The van der Waals surface area contributed by atoms with E-state index < -0.39 is 0 Å². The average Bonchev–Trinajstić information content (AvgIpc) is 3.28. The van der Waals surface area contributed by atoms with Crippen molar-refractivity contribution in [3.8, 4) is 17.2 Å². The lowest BCUT2D eigenvalue weighted by Crippen LogP contribution is -2.38. The molecule has 0 aliphatic carbocycles. The summed E-state index contributed by atoms with van der Waals surface area (Å²) in [6, 6.07) is 18.5. The van der Waals surface area contributed by atoms with Gasteiger partial charge >= 0.3 is 0 Å². The van der Waals surface area contributed by atoms with Gasteiger partial charge in [-0.15, -0.1) is 0 Å². The molecule has 2 heterocycles. The molecule has 168 valence electrons. The Bertz CT molecular complexity index is 1220. The molecule has 2 N–H and O–H groups in total. The molecule has 0 fully saturated rings. The normalized spacial score (nSPS) is 10.7. The van der Waals surface area contributed by atoms with Crippen LogP contribution in [0.3, 0.4) is 0 Å². The van der Waals surface area contributed by atoms with Gasteiger partial charge in [-0.2, -0.15) is 4.98 Å². The fourth-order valence-corrected chi connectivity index (χ4v) is 3.29. The van der Waals surface area contributed by atoms with Gasteiger partial charge in [0.2, 0.25) is 5.89 Å². The Morgan fingerprint density at radius 2 is 1.97 bits per heavy atom. The zero-order chi connectivity index (χ0) is 23.0. The van der Waals surface area contributed by atoms with Crippen molar-refractivity contribution in [1.82, 2.24) is 20.6 Å². The third-order valence-corrected chi connectivity index (χ3v) is 5.16. The van der Waals surface area contributed by atoms with Crippen LogP contribution in [-0.2, 0) is 6.54 Å². The number of amides is 1. The smallest absolute Gasteiger partial charge is 0.257 e. The molecule has 0 aliphatic rings. The van der Waals surface area contributed by atoms with Crippen LogP contribution in [-0.4, -0.2) is 27.6 Å². The summed E-state index contributed by atoms with van der Waals surface area (Å²) in [5.41, 5.74) is 3.57. The van der Waals surface area contributed by atoms with Crippen LogP contribution >= 0.6 is 12.2 Å². The van der Waals surface area contributed by atoms with E-state index >= 15 is 0 Å². The topological polar surface area (TPSA) is 89.3 Å². The number of benzene rings is 2. The van der Waals surface area contributed by atoms with Crippen LogP contribution in [0.5, 0.6) is 5.75 Å². The van der Waals surface area contributed by atoms with Gasteiger partial charge in [0.05, 0.1) is 6.61 Å². The fraction of sp³-hybridized carbons (Fsp3) is 0.200. The minimum absolute atomic E-state index is 0.256. The number of nitrogens with zero attached hydrogens (tertiary/aromatic N) is 2. The molecule has 2 aromatic heterocycles. The molecule has 0 spiro atoms. The molecule has 0 saturated carbocycles. The van der Waals surface area contributed by atoms with Crippen LogP contribution in [0.25, 0.3) is 22.7 Å². The maximum Gasteiger partial charge on any atom is 0.257 e. The number of carbonyl (C=O) groups excluding carboxylic acids is 1. The number of thiocarbonyl (C=S) groups is 1. The molecular weight excluding hydrogens is 436 g/mol. The summed E-state index contributed by atoms with van der Waals surface area (Å²) in [4.78, 5) is 21.1. The lowest BCUT2D eigenvalue weighted by molar-refractivity contribution is 0.0976. The van der Waals surface area contributed by atoms with Gasteiger partial charge in [-0.05, 0) is 66.7 Å². The Hall–Kier alpha value is -3.78. The molecule has 4 aromatic rings. The van der Waals surface area contributed by atoms with E-state index in [1.54, 1.807) is 24.4 Å². The Balaban J connectivity index is 1.29. The van der Waals surface area contributed by atoms with Crippen LogP contribution in [0.4, 0.5) is 0 Å². The summed E-state index contributed by atoms with van der Waals surface area (Å²) in [6.45, 7) is 3.20. The Labute approximate surface area is 197 Å². The number of hydrogen-bond donors (Lipinski definition) is 2. The molecule has 7 nitrogen and oxygen atoms in total. The zero-order valence-corrected chi connectivity index (χ0v) is 19.0. The second kappa shape index (κ2) is 10.7. The predicted octanol–water partition coefficient (Wildman–Crippen LogP) is 4.87. The minimum atomic E-state index is -0.284. The van der Waals surface area contributed by atoms with Gasteiger partial charge in [-0.3, -0.25) is 10.1 Å². The summed E-state index contributed by atoms with van der Waals surface area (Å²) in [7, 11) is 0. The van der Waals surface area contributed by atoms with Crippen LogP contribution < -0.4 is 15.4 Å². The van der Waals surface area contributed by atoms with E-state index in [0.717, 1.165) is 24.0 Å². The highest BCUT2D eigenvalue weighted by Crippen LogP contribution is 2.23. The van der Waals surface area contributed by atoms with Crippen LogP contribution in [0.2, 0.25) is 0 Å². The molecule has 1 amide bonds. The molecule has 0 radical (unpaired) electrons. The summed E-state index contributed by atoms with van der Waals surface area (Å²) < 4.78 is 11.4. The van der Waals surface area contributed by atoms with Crippen molar-refractivity contribution in [2.24, 2.45) is 0 Å². The number of rotatable bonds is 8. The van der Waals surface area contributed by atoms with E-state index in [2.05, 4.69) is 27.5 Å². The summed E-state index contributed by atoms with van der Waals surface area (Å²) in [5.74, 6) is 0.907. The number of oxazole rings is 1. The minimum Gasteiger partial charge on any atom is -0.494 e. The van der Waals surface area contributed by atoms with Crippen molar-refractivity contribution in [3.05, 3.63) is 78.0 Å². The van der Waals surface area contributed by atoms with Gasteiger partial charge in [0.15, 0.2) is 16.3 Å². The second-order valence-electron chi connectivity index (χ2n) is 7.41. The number of hydrogen-bond acceptors (Lipinski definition) is 6. The quantitative estimate of drug-likeness (QED) is 0.286. The molecule has 0 aliphatic heterocycles. The van der Waals surface area contributed by atoms with Crippen molar-refractivity contribution < 1.29 is 13.9 Å². The van der Waals surface area contributed by atoms with Gasteiger partial charge in [-0.25, -0.2) is 4.98 Å². The van der Waals surface area contributed by atoms with E-state index in [1.165, 1.54) is 0 Å². The Morgan fingerprint density at radius 1 is 1.12 bits per heavy atom. The SMILES string of the molecule is CCCCOc1cccc(C(=O)NC(=S)NCc2ccc(-c3nc4ncccc4o3)cc2)c1. The molecule has 0 atom stereocenters. The average molecular weight is 461 g/mol. The lowest BCUT2D eigenvalue weighted by atomic mass is 10.1. The largest absolute Gasteiger partial charge is 0.494 e. The number of aromatic nitrogens is 2. The van der Waals surface area contributed by atoms with Crippen molar-refractivity contribution >= 4 is 34.5 Å². The zero-order valence-electron chi connectivity index (χ0n) is 18.2. The number of unbranched alkanes of at least 4 members (excludes halogenated alkanes) is 1. The highest BCUT2D eigenvalue weighted by molar-refractivity contribution is 7.80. The molecule has 4 rings (SSSR count). The molecular formula is C25H24N4O3S. The van der Waals surface area contributed by atoms with E-state index in [4.69, 9.17) is 21.4 Å². The Kier molecular flexibility index (Phi) is 7.26. The maximum atomic E-state index is 12.5. The molecule has 0 saturated heterocycles. The van der Waals surface area contributed by atoms with Gasteiger partial charge in [-0.1, -0.05) is 31.5 Å². The third kappa shape index (κ3) is 5.93. The number of fused-ring (bicyclic) bond motifs is 1. The number of carbonyl (C=O) groups is 1. The third-order valence-electron chi connectivity index (χ3n) is 4.91. The second-order valence-corrected chi connectivity index (χ2v) is 7.82. The number of ether oxygens (including phenoxy) is 1. The van der Waals surface area contributed by atoms with Gasteiger partial charge in [0.25, 0.3) is 5.91 Å². The first-order valence-electron chi connectivity index (χ1n) is 10.8. The van der Waals surface area contributed by atoms with Crippen molar-refractivity contribution in [3.63, 3.8) is 0 Å². The van der Waals surface area contributed by atoms with Gasteiger partial charge in [0, 0.05) is 23.9 Å². The number of nitrogens with one attached hydrogen (secondary N) is 2. The van der Waals surface area contributed by atoms with E-state index in [-0.39, 0.29) is 11.0 Å². The lowest BCUT2D eigenvalue weighted by Gasteiger charge is -2.11. The molecule has 2 aromatic carbocycles. The molecule has 0 bridgehead atoms. The van der Waals surface area contributed by atoms with E-state index in [0.29, 0.717) is 41.6 Å². The first-order valence-corrected chi connectivity index (χ1v) is 11.2.